The first-order valence-electron chi connectivity index (χ1n) is 6.62. The van der Waals surface area contributed by atoms with Crippen LogP contribution in [0.3, 0.4) is 0 Å². The summed E-state index contributed by atoms with van der Waals surface area (Å²) in [5.41, 5.74) is 0.632. The summed E-state index contributed by atoms with van der Waals surface area (Å²) in [5, 5.41) is 0. The van der Waals surface area contributed by atoms with E-state index in [0.717, 1.165) is 24.3 Å². The highest BCUT2D eigenvalue weighted by Gasteiger charge is 2.18. The molecule has 0 bridgehead atoms. The third-order valence-corrected chi connectivity index (χ3v) is 4.38. The van der Waals surface area contributed by atoms with Crippen LogP contribution in [0.1, 0.15) is 61.3 Å². The summed E-state index contributed by atoms with van der Waals surface area (Å²) in [6, 6.07) is 0. The van der Waals surface area contributed by atoms with E-state index < -0.39 is 0 Å². The zero-order chi connectivity index (χ0) is 13.7. The molecular formula is C15H30OS. The maximum absolute atomic E-state index is 11.9. The topological polar surface area (TPSA) is 17.1 Å². The molecule has 0 saturated heterocycles. The quantitative estimate of drug-likeness (QED) is 0.681. The molecule has 0 aromatic carbocycles. The van der Waals surface area contributed by atoms with Crippen LogP contribution in [0.2, 0.25) is 0 Å². The summed E-state index contributed by atoms with van der Waals surface area (Å²) >= 11 is 1.91. The van der Waals surface area contributed by atoms with Gasteiger partial charge >= 0.3 is 0 Å². The van der Waals surface area contributed by atoms with Crippen molar-refractivity contribution in [2.24, 2.45) is 16.7 Å². The first-order valence-corrected chi connectivity index (χ1v) is 7.77. The molecule has 1 atom stereocenters. The number of hydrogen-bond acceptors (Lipinski definition) is 2. The van der Waals surface area contributed by atoms with Crippen LogP contribution in [0.15, 0.2) is 0 Å². The van der Waals surface area contributed by atoms with E-state index in [0.29, 0.717) is 11.2 Å². The van der Waals surface area contributed by atoms with Gasteiger partial charge in [-0.3, -0.25) is 4.79 Å². The molecule has 0 aliphatic rings. The lowest BCUT2D eigenvalue weighted by Crippen LogP contribution is -2.18. The number of rotatable bonds is 6. The van der Waals surface area contributed by atoms with Gasteiger partial charge in [-0.25, -0.2) is 0 Å². The molecule has 2 heteroatoms. The second-order valence-corrected chi connectivity index (χ2v) is 8.53. The molecule has 0 aliphatic carbocycles. The molecule has 0 heterocycles. The van der Waals surface area contributed by atoms with E-state index in [1.54, 1.807) is 0 Å². The summed E-state index contributed by atoms with van der Waals surface area (Å²) < 4.78 is 0. The molecule has 0 N–H and O–H groups in total. The van der Waals surface area contributed by atoms with Crippen LogP contribution >= 0.6 is 11.8 Å². The monoisotopic (exact) mass is 258 g/mol. The molecule has 1 nitrogen and oxygen atoms in total. The van der Waals surface area contributed by atoms with Gasteiger partial charge in [0, 0.05) is 18.1 Å². The average molecular weight is 258 g/mol. The third kappa shape index (κ3) is 10.9. The molecule has 0 rings (SSSR count). The molecule has 0 radical (unpaired) electrons. The number of ketones is 1. The fraction of sp³-hybridized carbons (Fsp3) is 0.933. The van der Waals surface area contributed by atoms with Crippen molar-refractivity contribution < 1.29 is 4.79 Å². The number of Topliss-reactive ketones (excluding diaryl/α,β-unsaturated/α-hetero) is 1. The molecule has 0 spiro atoms. The molecule has 0 aromatic heterocycles. The fourth-order valence-electron chi connectivity index (χ4n) is 1.38. The predicted octanol–water partition coefficient (Wildman–Crippen LogP) is 4.80. The van der Waals surface area contributed by atoms with Gasteiger partial charge in [-0.15, -0.1) is 0 Å². The number of hydrogen-bond donors (Lipinski definition) is 0. The lowest BCUT2D eigenvalue weighted by atomic mass is 9.88. The summed E-state index contributed by atoms with van der Waals surface area (Å²) in [7, 11) is 0. The zero-order valence-corrected chi connectivity index (χ0v) is 13.5. The van der Waals surface area contributed by atoms with E-state index >= 15 is 0 Å². The molecule has 0 saturated carbocycles. The summed E-state index contributed by atoms with van der Waals surface area (Å²) in [6.07, 6.45) is 1.74. The van der Waals surface area contributed by atoms with Crippen molar-refractivity contribution in [1.82, 2.24) is 0 Å². The van der Waals surface area contributed by atoms with Crippen molar-refractivity contribution >= 4 is 17.5 Å². The van der Waals surface area contributed by atoms with E-state index in [-0.39, 0.29) is 11.3 Å². The summed E-state index contributed by atoms with van der Waals surface area (Å²) in [6.45, 7) is 15.4. The average Bonchev–Trinajstić information content (AvgIpc) is 2.10. The van der Waals surface area contributed by atoms with Crippen molar-refractivity contribution in [3.8, 4) is 0 Å². The van der Waals surface area contributed by atoms with Gasteiger partial charge in [0.15, 0.2) is 0 Å². The van der Waals surface area contributed by atoms with Crippen molar-refractivity contribution in [2.45, 2.75) is 61.3 Å². The first-order chi connectivity index (χ1) is 7.51. The van der Waals surface area contributed by atoms with Crippen molar-refractivity contribution in [3.05, 3.63) is 0 Å². The lowest BCUT2D eigenvalue weighted by molar-refractivity contribution is -0.122. The van der Waals surface area contributed by atoms with E-state index in [2.05, 4.69) is 48.5 Å². The Hall–Kier alpha value is 0.0200. The Morgan fingerprint density at radius 2 is 1.59 bits per heavy atom. The molecule has 0 amide bonds. The minimum atomic E-state index is 0.213. The maximum Gasteiger partial charge on any atom is 0.136 e. The molecule has 17 heavy (non-hydrogen) atoms. The van der Waals surface area contributed by atoms with Gasteiger partial charge in [-0.1, -0.05) is 48.5 Å². The van der Waals surface area contributed by atoms with Gasteiger partial charge in [0.25, 0.3) is 0 Å². The Kier molecular flexibility index (Phi) is 6.83. The van der Waals surface area contributed by atoms with E-state index in [1.165, 1.54) is 0 Å². The molecule has 102 valence electrons. The van der Waals surface area contributed by atoms with Crippen LogP contribution in [-0.4, -0.2) is 17.3 Å². The van der Waals surface area contributed by atoms with Gasteiger partial charge in [0.1, 0.15) is 5.78 Å². The first kappa shape index (κ1) is 17.0. The smallest absolute Gasteiger partial charge is 0.136 e. The zero-order valence-electron chi connectivity index (χ0n) is 12.7. The summed E-state index contributed by atoms with van der Waals surface area (Å²) in [5.74, 6) is 2.75. The Labute approximate surface area is 112 Å². The van der Waals surface area contributed by atoms with Gasteiger partial charge < -0.3 is 0 Å². The Bertz CT molecular complexity index is 232. The van der Waals surface area contributed by atoms with Crippen LogP contribution in [0, 0.1) is 16.7 Å². The van der Waals surface area contributed by atoms with Crippen LogP contribution in [-0.2, 0) is 4.79 Å². The van der Waals surface area contributed by atoms with E-state index in [9.17, 15) is 4.79 Å². The molecule has 1 unspecified atom stereocenters. The highest BCUT2D eigenvalue weighted by molar-refractivity contribution is 7.99. The number of carbonyl (C=O) groups is 1. The lowest BCUT2D eigenvalue weighted by Gasteiger charge is -2.20. The SMILES string of the molecule is CC(CSCC(C)(C)C)C(=O)CCC(C)(C)C. The predicted molar refractivity (Wildman–Crippen MR) is 79.6 cm³/mol. The van der Waals surface area contributed by atoms with Gasteiger partial charge in [0.05, 0.1) is 0 Å². The molecule has 0 fully saturated rings. The van der Waals surface area contributed by atoms with Gasteiger partial charge in [-0.2, -0.15) is 11.8 Å². The Morgan fingerprint density at radius 1 is 1.06 bits per heavy atom. The molecular weight excluding hydrogens is 228 g/mol. The standard InChI is InChI=1S/C15H30OS/c1-12(10-17-11-15(5,6)7)13(16)8-9-14(2,3)4/h12H,8-11H2,1-7H3. The Balaban J connectivity index is 3.83. The second-order valence-electron chi connectivity index (χ2n) is 7.50. The third-order valence-electron chi connectivity index (χ3n) is 2.57. The van der Waals surface area contributed by atoms with Crippen LogP contribution < -0.4 is 0 Å². The number of carbonyl (C=O) groups excluding carboxylic acids is 1. The Morgan fingerprint density at radius 3 is 2.00 bits per heavy atom. The van der Waals surface area contributed by atoms with E-state index in [4.69, 9.17) is 0 Å². The van der Waals surface area contributed by atoms with Crippen molar-refractivity contribution in [2.75, 3.05) is 11.5 Å². The highest BCUT2D eigenvalue weighted by Crippen LogP contribution is 2.25. The normalized spacial score (nSPS) is 14.8. The van der Waals surface area contributed by atoms with Crippen LogP contribution in [0.25, 0.3) is 0 Å². The number of thioether (sulfide) groups is 1. The maximum atomic E-state index is 11.9. The minimum absolute atomic E-state index is 0.213. The fourth-order valence-corrected chi connectivity index (χ4v) is 2.65. The molecule has 0 aromatic rings. The van der Waals surface area contributed by atoms with Crippen LogP contribution in [0.4, 0.5) is 0 Å². The van der Waals surface area contributed by atoms with Crippen LogP contribution in [0.5, 0.6) is 0 Å². The van der Waals surface area contributed by atoms with Gasteiger partial charge in [0.2, 0.25) is 0 Å². The van der Waals surface area contributed by atoms with Crippen molar-refractivity contribution in [3.63, 3.8) is 0 Å². The minimum Gasteiger partial charge on any atom is -0.299 e. The highest BCUT2D eigenvalue weighted by atomic mass is 32.2. The van der Waals surface area contributed by atoms with Crippen molar-refractivity contribution in [1.29, 1.82) is 0 Å². The largest absolute Gasteiger partial charge is 0.299 e. The van der Waals surface area contributed by atoms with Gasteiger partial charge in [-0.05, 0) is 23.0 Å². The summed E-state index contributed by atoms with van der Waals surface area (Å²) in [4.78, 5) is 11.9. The second kappa shape index (κ2) is 6.82. The van der Waals surface area contributed by atoms with E-state index in [1.807, 2.05) is 11.8 Å². The molecule has 0 aliphatic heterocycles.